The lowest BCUT2D eigenvalue weighted by atomic mass is 9.99. The Morgan fingerprint density at radius 3 is 2.33 bits per heavy atom. The molecule has 0 saturated carbocycles. The second-order valence-corrected chi connectivity index (χ2v) is 10.4. The van der Waals surface area contributed by atoms with Crippen LogP contribution in [0.25, 0.3) is 11.1 Å². The molecule has 2 amide bonds. The van der Waals surface area contributed by atoms with Gasteiger partial charge in [0.2, 0.25) is 5.91 Å². The minimum Gasteiger partial charge on any atom is -1.00 e. The van der Waals surface area contributed by atoms with Crippen molar-refractivity contribution in [2.24, 2.45) is 0 Å². The van der Waals surface area contributed by atoms with Gasteiger partial charge in [0.25, 0.3) is 0 Å². The zero-order valence-electron chi connectivity index (χ0n) is 22.4. The van der Waals surface area contributed by atoms with E-state index in [0.717, 1.165) is 59.2 Å². The summed E-state index contributed by atoms with van der Waals surface area (Å²) in [5.41, 5.74) is 2.26. The van der Waals surface area contributed by atoms with Crippen LogP contribution in [0.1, 0.15) is 35.2 Å². The third kappa shape index (κ3) is 8.31. The summed E-state index contributed by atoms with van der Waals surface area (Å²) in [6, 6.07) is 16.6. The fourth-order valence-corrected chi connectivity index (χ4v) is 4.59. The van der Waals surface area contributed by atoms with Gasteiger partial charge < -0.3 is 38.5 Å². The highest BCUT2D eigenvalue weighted by molar-refractivity contribution is 5.93. The summed E-state index contributed by atoms with van der Waals surface area (Å²) in [7, 11) is 4.32. The highest BCUT2D eigenvalue weighted by Crippen LogP contribution is 2.30. The zero-order valence-corrected chi connectivity index (χ0v) is 24.5. The Hall–Kier alpha value is -3.38. The van der Waals surface area contributed by atoms with Crippen LogP contribution in [0.4, 0.5) is 25.0 Å². The molecular formula is C30H32F2IN3O4. The fraction of sp³-hybridized carbons (Fsp3) is 0.300. The standard InChI is InChI=1S/C30H31F2N3O4.HI/c1-35(2)14-12-23(13-15-35)39-30(38)34-27-16-20(8-10-24(27)21-6-4-3-5-7-21)9-11-29(37)33-28-18-25(31)22(19-36)17-26(28)32;/h3-8,10,16-19,23H,9,11-15H2,1-2H3,(H-,33,34,36,37,38);1H. The van der Waals surface area contributed by atoms with Crippen LogP contribution >= 0.6 is 0 Å². The number of hydrogen-bond acceptors (Lipinski definition) is 4. The minimum absolute atomic E-state index is 0. The first-order valence-corrected chi connectivity index (χ1v) is 12.9. The number of amides is 2. The number of rotatable bonds is 8. The van der Waals surface area contributed by atoms with Gasteiger partial charge >= 0.3 is 6.09 Å². The van der Waals surface area contributed by atoms with E-state index in [9.17, 15) is 23.2 Å². The van der Waals surface area contributed by atoms with Crippen molar-refractivity contribution < 1.29 is 56.4 Å². The Morgan fingerprint density at radius 2 is 1.65 bits per heavy atom. The molecule has 1 heterocycles. The number of carbonyl (C=O) groups is 3. The van der Waals surface area contributed by atoms with E-state index in [-0.39, 0.29) is 54.9 Å². The number of carbonyl (C=O) groups excluding carboxylic acids is 3. The minimum atomic E-state index is -0.920. The molecular weight excluding hydrogens is 631 g/mol. The quantitative estimate of drug-likeness (QED) is 0.221. The molecule has 3 aromatic rings. The number of nitrogens with zero attached hydrogens (tertiary/aromatic N) is 1. The first kappa shape index (κ1) is 31.2. The molecule has 1 aliphatic heterocycles. The van der Waals surface area contributed by atoms with E-state index < -0.39 is 29.2 Å². The van der Waals surface area contributed by atoms with E-state index in [1.807, 2.05) is 42.5 Å². The molecule has 0 bridgehead atoms. The number of anilines is 2. The summed E-state index contributed by atoms with van der Waals surface area (Å²) in [6.45, 7) is 1.87. The van der Waals surface area contributed by atoms with Gasteiger partial charge in [-0.2, -0.15) is 0 Å². The van der Waals surface area contributed by atoms with Gasteiger partial charge in [-0.3, -0.25) is 14.9 Å². The van der Waals surface area contributed by atoms with Crippen LogP contribution in [0.2, 0.25) is 0 Å². The molecule has 3 aromatic carbocycles. The van der Waals surface area contributed by atoms with Crippen LogP contribution in [0.15, 0.2) is 60.7 Å². The third-order valence-corrected chi connectivity index (χ3v) is 6.92. The van der Waals surface area contributed by atoms with Crippen LogP contribution in [0.5, 0.6) is 0 Å². The Morgan fingerprint density at radius 1 is 0.950 bits per heavy atom. The summed E-state index contributed by atoms with van der Waals surface area (Å²) in [5.74, 6) is -2.34. The number of aryl methyl sites for hydroxylation is 1. The molecule has 2 N–H and O–H groups in total. The van der Waals surface area contributed by atoms with E-state index in [4.69, 9.17) is 4.74 Å². The average molecular weight is 664 g/mol. The lowest BCUT2D eigenvalue weighted by Gasteiger charge is -2.36. The number of ether oxygens (including phenoxy) is 1. The molecule has 0 aromatic heterocycles. The van der Waals surface area contributed by atoms with Gasteiger partial charge in [0, 0.05) is 30.9 Å². The maximum absolute atomic E-state index is 14.1. The van der Waals surface area contributed by atoms with Gasteiger partial charge in [0.15, 0.2) is 6.29 Å². The lowest BCUT2D eigenvalue weighted by Crippen LogP contribution is -3.00. The van der Waals surface area contributed by atoms with Crippen molar-refractivity contribution in [2.75, 3.05) is 37.8 Å². The molecule has 0 spiro atoms. The average Bonchev–Trinajstić information content (AvgIpc) is 2.91. The summed E-state index contributed by atoms with van der Waals surface area (Å²) in [5, 5.41) is 5.23. The van der Waals surface area contributed by atoms with Crippen molar-refractivity contribution in [3.05, 3.63) is 83.4 Å². The summed E-state index contributed by atoms with van der Waals surface area (Å²) in [6.07, 6.45) is 1.40. The molecule has 212 valence electrons. The smallest absolute Gasteiger partial charge is 0.411 e. The first-order chi connectivity index (χ1) is 18.6. The molecule has 1 aliphatic rings. The topological polar surface area (TPSA) is 84.5 Å². The lowest BCUT2D eigenvalue weighted by molar-refractivity contribution is -0.896. The predicted molar refractivity (Wildman–Crippen MR) is 146 cm³/mol. The maximum Gasteiger partial charge on any atom is 0.411 e. The molecule has 0 aliphatic carbocycles. The van der Waals surface area contributed by atoms with Crippen LogP contribution < -0.4 is 34.6 Å². The Bertz CT molecular complexity index is 1360. The molecule has 10 heteroatoms. The third-order valence-electron chi connectivity index (χ3n) is 6.92. The molecule has 1 saturated heterocycles. The van der Waals surface area contributed by atoms with Crippen LogP contribution in [-0.2, 0) is 16.0 Å². The van der Waals surface area contributed by atoms with E-state index in [1.54, 1.807) is 6.07 Å². The number of quaternary nitrogens is 1. The molecule has 4 rings (SSSR count). The molecule has 40 heavy (non-hydrogen) atoms. The van der Waals surface area contributed by atoms with Gasteiger partial charge in [-0.25, -0.2) is 13.6 Å². The second kappa shape index (κ2) is 13.8. The number of likely N-dealkylation sites (tertiary alicyclic amines) is 1. The number of piperidine rings is 1. The maximum atomic E-state index is 14.1. The van der Waals surface area contributed by atoms with E-state index in [2.05, 4.69) is 24.7 Å². The van der Waals surface area contributed by atoms with Crippen molar-refractivity contribution in [3.63, 3.8) is 0 Å². The molecule has 0 unspecified atom stereocenters. The number of halogens is 3. The van der Waals surface area contributed by atoms with Gasteiger partial charge in [0.1, 0.15) is 17.7 Å². The van der Waals surface area contributed by atoms with Crippen LogP contribution in [0.3, 0.4) is 0 Å². The molecule has 7 nitrogen and oxygen atoms in total. The molecule has 1 fully saturated rings. The molecule has 0 atom stereocenters. The van der Waals surface area contributed by atoms with Crippen LogP contribution in [-0.4, -0.2) is 56.1 Å². The normalized spacial score (nSPS) is 14.5. The van der Waals surface area contributed by atoms with Crippen LogP contribution in [0, 0.1) is 11.6 Å². The number of nitrogens with one attached hydrogen (secondary N) is 2. The monoisotopic (exact) mass is 663 g/mol. The van der Waals surface area contributed by atoms with Crippen molar-refractivity contribution in [1.29, 1.82) is 0 Å². The summed E-state index contributed by atoms with van der Waals surface area (Å²) in [4.78, 5) is 36.1. The first-order valence-electron chi connectivity index (χ1n) is 12.9. The van der Waals surface area contributed by atoms with Crippen molar-refractivity contribution in [1.82, 2.24) is 0 Å². The van der Waals surface area contributed by atoms with Gasteiger partial charge in [-0.05, 0) is 29.7 Å². The Balaban J connectivity index is 0.00000441. The molecule has 0 radical (unpaired) electrons. The summed E-state index contributed by atoms with van der Waals surface area (Å²) >= 11 is 0. The van der Waals surface area contributed by atoms with Gasteiger partial charge in [0.05, 0.1) is 44.1 Å². The van der Waals surface area contributed by atoms with E-state index in [1.165, 1.54) is 0 Å². The zero-order chi connectivity index (χ0) is 28.0. The van der Waals surface area contributed by atoms with Gasteiger partial charge in [-0.15, -0.1) is 0 Å². The predicted octanol–water partition coefficient (Wildman–Crippen LogP) is 2.81. The number of aldehydes is 1. The Labute approximate surface area is 249 Å². The van der Waals surface area contributed by atoms with Crippen molar-refractivity contribution in [3.8, 4) is 11.1 Å². The largest absolute Gasteiger partial charge is 1.00 e. The van der Waals surface area contributed by atoms with Crippen molar-refractivity contribution >= 4 is 29.7 Å². The number of hydrogen-bond donors (Lipinski definition) is 2. The number of benzene rings is 3. The fourth-order valence-electron chi connectivity index (χ4n) is 4.59. The Kier molecular flexibility index (Phi) is 10.7. The highest BCUT2D eigenvalue weighted by Gasteiger charge is 2.28. The van der Waals surface area contributed by atoms with E-state index in [0.29, 0.717) is 5.69 Å². The van der Waals surface area contributed by atoms with E-state index >= 15 is 0 Å². The second-order valence-electron chi connectivity index (χ2n) is 10.4. The van der Waals surface area contributed by atoms with Gasteiger partial charge in [-0.1, -0.05) is 42.5 Å². The summed E-state index contributed by atoms with van der Waals surface area (Å²) < 4.78 is 34.6. The van der Waals surface area contributed by atoms with Crippen molar-refractivity contribution in [2.45, 2.75) is 31.8 Å². The SMILES string of the molecule is C[N+]1(C)CCC(OC(=O)Nc2cc(CCC(=O)Nc3cc(F)c(C=O)cc3F)ccc2-c2ccccc2)CC1.[I-]. The highest BCUT2D eigenvalue weighted by atomic mass is 127.